The highest BCUT2D eigenvalue weighted by Crippen LogP contribution is 2.39. The third kappa shape index (κ3) is 1.65. The molecule has 2 nitrogen and oxygen atoms in total. The van der Waals surface area contributed by atoms with Crippen LogP contribution in [0.25, 0.3) is 0 Å². The van der Waals surface area contributed by atoms with Gasteiger partial charge in [0.1, 0.15) is 18.2 Å². The Morgan fingerprint density at radius 1 is 1.33 bits per heavy atom. The largest absolute Gasteiger partial charge is 0.491 e. The highest BCUT2D eigenvalue weighted by molar-refractivity contribution is 5.43. The Morgan fingerprint density at radius 2 is 2.00 bits per heavy atom. The molecule has 0 saturated heterocycles. The SMILES string of the molecule is NC1COc2cc(C(F)(F)F)c(F)cc21. The first kappa shape index (κ1) is 10.2. The quantitative estimate of drug-likeness (QED) is 0.682. The van der Waals surface area contributed by atoms with Gasteiger partial charge in [0.2, 0.25) is 0 Å². The fourth-order valence-corrected chi connectivity index (χ4v) is 1.47. The van der Waals surface area contributed by atoms with Crippen molar-refractivity contribution < 1.29 is 22.3 Å². The van der Waals surface area contributed by atoms with E-state index in [1.165, 1.54) is 0 Å². The molecule has 2 N–H and O–H groups in total. The molecular formula is C9H7F4NO. The number of hydrogen-bond acceptors (Lipinski definition) is 2. The first-order valence-corrected chi connectivity index (χ1v) is 4.18. The number of fused-ring (bicyclic) bond motifs is 1. The number of ether oxygens (including phenoxy) is 1. The maximum atomic E-state index is 13.1. The Balaban J connectivity index is 2.54. The maximum Gasteiger partial charge on any atom is 0.419 e. The van der Waals surface area contributed by atoms with Crippen LogP contribution in [-0.2, 0) is 6.18 Å². The predicted octanol–water partition coefficient (Wildman–Crippen LogP) is 2.24. The third-order valence-electron chi connectivity index (χ3n) is 2.22. The molecule has 0 aliphatic carbocycles. The van der Waals surface area contributed by atoms with E-state index in [0.717, 1.165) is 6.07 Å². The van der Waals surface area contributed by atoms with Crippen LogP contribution in [-0.4, -0.2) is 6.61 Å². The van der Waals surface area contributed by atoms with E-state index in [1.54, 1.807) is 0 Å². The fraction of sp³-hybridized carbons (Fsp3) is 0.333. The van der Waals surface area contributed by atoms with Crippen molar-refractivity contribution in [1.29, 1.82) is 0 Å². The summed E-state index contributed by atoms with van der Waals surface area (Å²) < 4.78 is 54.9. The topological polar surface area (TPSA) is 35.2 Å². The lowest BCUT2D eigenvalue weighted by atomic mass is 10.1. The van der Waals surface area contributed by atoms with Crippen molar-refractivity contribution in [2.24, 2.45) is 5.73 Å². The standard InChI is InChI=1S/C9H7F4NO/c10-6-1-4-7(14)3-15-8(4)2-5(6)9(11,12)13/h1-2,7H,3,14H2. The van der Waals surface area contributed by atoms with Gasteiger partial charge in [-0.3, -0.25) is 0 Å². The van der Waals surface area contributed by atoms with Gasteiger partial charge in [-0.15, -0.1) is 0 Å². The van der Waals surface area contributed by atoms with Crippen LogP contribution in [0.3, 0.4) is 0 Å². The van der Waals surface area contributed by atoms with Crippen molar-refractivity contribution in [3.05, 3.63) is 29.1 Å². The summed E-state index contributed by atoms with van der Waals surface area (Å²) in [7, 11) is 0. The van der Waals surface area contributed by atoms with Crippen molar-refractivity contribution >= 4 is 0 Å². The highest BCUT2D eigenvalue weighted by atomic mass is 19.4. The molecular weight excluding hydrogens is 214 g/mol. The molecule has 1 aromatic rings. The minimum Gasteiger partial charge on any atom is -0.491 e. The van der Waals surface area contributed by atoms with Crippen molar-refractivity contribution in [1.82, 2.24) is 0 Å². The van der Waals surface area contributed by atoms with Gasteiger partial charge in [0.05, 0.1) is 11.6 Å². The third-order valence-corrected chi connectivity index (χ3v) is 2.22. The molecule has 1 atom stereocenters. The number of rotatable bonds is 0. The second kappa shape index (κ2) is 3.10. The first-order valence-electron chi connectivity index (χ1n) is 4.18. The molecule has 6 heteroatoms. The number of benzene rings is 1. The van der Waals surface area contributed by atoms with E-state index < -0.39 is 23.6 Å². The van der Waals surface area contributed by atoms with Crippen LogP contribution >= 0.6 is 0 Å². The van der Waals surface area contributed by atoms with Crippen LogP contribution in [0.4, 0.5) is 17.6 Å². The molecule has 0 amide bonds. The van der Waals surface area contributed by atoms with Crippen LogP contribution < -0.4 is 10.5 Å². The summed E-state index contributed by atoms with van der Waals surface area (Å²) in [5.41, 5.74) is 4.46. The zero-order valence-electron chi connectivity index (χ0n) is 7.44. The maximum absolute atomic E-state index is 13.1. The van der Waals surface area contributed by atoms with Crippen LogP contribution in [0, 0.1) is 5.82 Å². The second-order valence-electron chi connectivity index (χ2n) is 3.29. The van der Waals surface area contributed by atoms with E-state index in [0.29, 0.717) is 6.07 Å². The lowest BCUT2D eigenvalue weighted by Crippen LogP contribution is -2.12. The summed E-state index contributed by atoms with van der Waals surface area (Å²) in [5.74, 6) is -1.31. The van der Waals surface area contributed by atoms with Crippen LogP contribution in [0.15, 0.2) is 12.1 Å². The van der Waals surface area contributed by atoms with E-state index in [-0.39, 0.29) is 17.9 Å². The van der Waals surface area contributed by atoms with Gasteiger partial charge >= 0.3 is 6.18 Å². The molecule has 1 aliphatic heterocycles. The molecule has 1 heterocycles. The summed E-state index contributed by atoms with van der Waals surface area (Å²) in [4.78, 5) is 0. The Kier molecular flexibility index (Phi) is 2.11. The van der Waals surface area contributed by atoms with Gasteiger partial charge in [0.15, 0.2) is 0 Å². The monoisotopic (exact) mass is 221 g/mol. The summed E-state index contributed by atoms with van der Waals surface area (Å²) >= 11 is 0. The van der Waals surface area contributed by atoms with E-state index in [1.807, 2.05) is 0 Å². The van der Waals surface area contributed by atoms with Crippen LogP contribution in [0.2, 0.25) is 0 Å². The van der Waals surface area contributed by atoms with E-state index >= 15 is 0 Å². The Labute approximate surface area is 82.6 Å². The average molecular weight is 221 g/mol. The van der Waals surface area contributed by atoms with Gasteiger partial charge in [-0.25, -0.2) is 4.39 Å². The molecule has 1 aromatic carbocycles. The lowest BCUT2D eigenvalue weighted by molar-refractivity contribution is -0.140. The number of nitrogens with two attached hydrogens (primary N) is 1. The second-order valence-corrected chi connectivity index (χ2v) is 3.29. The van der Waals surface area contributed by atoms with Crippen LogP contribution in [0.1, 0.15) is 17.2 Å². The molecule has 1 unspecified atom stereocenters. The minimum atomic E-state index is -4.71. The van der Waals surface area contributed by atoms with Crippen molar-refractivity contribution in [2.45, 2.75) is 12.2 Å². The molecule has 82 valence electrons. The van der Waals surface area contributed by atoms with Crippen molar-refractivity contribution in [3.8, 4) is 5.75 Å². The number of hydrogen-bond donors (Lipinski definition) is 1. The zero-order valence-corrected chi connectivity index (χ0v) is 7.44. The van der Waals surface area contributed by atoms with Crippen molar-refractivity contribution in [2.75, 3.05) is 6.61 Å². The van der Waals surface area contributed by atoms with Gasteiger partial charge in [-0.05, 0) is 12.1 Å². The minimum absolute atomic E-state index is 0.0104. The molecule has 2 rings (SSSR count). The van der Waals surface area contributed by atoms with Crippen LogP contribution in [0.5, 0.6) is 5.75 Å². The first-order chi connectivity index (χ1) is 6.89. The molecule has 0 fully saturated rings. The molecule has 0 bridgehead atoms. The van der Waals surface area contributed by atoms with Crippen molar-refractivity contribution in [3.63, 3.8) is 0 Å². The summed E-state index contributed by atoms with van der Waals surface area (Å²) in [6, 6.07) is 0.879. The molecule has 1 aliphatic rings. The smallest absolute Gasteiger partial charge is 0.419 e. The highest BCUT2D eigenvalue weighted by Gasteiger charge is 2.36. The van der Waals surface area contributed by atoms with Gasteiger partial charge in [0, 0.05) is 5.56 Å². The Hall–Kier alpha value is -1.30. The van der Waals surface area contributed by atoms with E-state index in [4.69, 9.17) is 10.5 Å². The molecule has 0 spiro atoms. The Bertz CT molecular complexity index is 402. The number of halogens is 4. The lowest BCUT2D eigenvalue weighted by Gasteiger charge is -2.09. The van der Waals surface area contributed by atoms with Gasteiger partial charge in [-0.2, -0.15) is 13.2 Å². The summed E-state index contributed by atoms with van der Waals surface area (Å²) in [5, 5.41) is 0. The van der Waals surface area contributed by atoms with Gasteiger partial charge < -0.3 is 10.5 Å². The molecule has 15 heavy (non-hydrogen) atoms. The van der Waals surface area contributed by atoms with Gasteiger partial charge in [-0.1, -0.05) is 0 Å². The zero-order chi connectivity index (χ0) is 11.2. The van der Waals surface area contributed by atoms with Gasteiger partial charge in [0.25, 0.3) is 0 Å². The molecule has 0 saturated carbocycles. The number of alkyl halides is 3. The fourth-order valence-electron chi connectivity index (χ4n) is 1.47. The summed E-state index contributed by atoms with van der Waals surface area (Å²) in [6.07, 6.45) is -4.71. The molecule has 0 radical (unpaired) electrons. The predicted molar refractivity (Wildman–Crippen MR) is 43.8 cm³/mol. The normalized spacial score (nSPS) is 19.9. The Morgan fingerprint density at radius 3 is 2.60 bits per heavy atom. The van der Waals surface area contributed by atoms with E-state index in [9.17, 15) is 17.6 Å². The summed E-state index contributed by atoms with van der Waals surface area (Å²) in [6.45, 7) is 0.0794. The average Bonchev–Trinajstić information content (AvgIpc) is 2.45. The molecule has 0 aromatic heterocycles. The van der Waals surface area contributed by atoms with E-state index in [2.05, 4.69) is 0 Å².